The molecule has 0 saturated carbocycles. The molecular weight excluding hydrogens is 664 g/mol. The van der Waals surface area contributed by atoms with Crippen molar-refractivity contribution < 1.29 is 33.5 Å². The minimum absolute atomic E-state index is 0.0657. The summed E-state index contributed by atoms with van der Waals surface area (Å²) in [5, 5.41) is 11.8. The van der Waals surface area contributed by atoms with Crippen molar-refractivity contribution in [2.45, 2.75) is 62.9 Å². The van der Waals surface area contributed by atoms with Crippen LogP contribution in [0.3, 0.4) is 0 Å². The monoisotopic (exact) mass is 706 g/mol. The molecule has 2 fully saturated rings. The van der Waals surface area contributed by atoms with Gasteiger partial charge < -0.3 is 33.5 Å². The first kappa shape index (κ1) is 35.4. The molecule has 7 rings (SSSR count). The van der Waals surface area contributed by atoms with Gasteiger partial charge in [0.1, 0.15) is 29.7 Å². The first-order valence-electron chi connectivity index (χ1n) is 17.4. The maximum absolute atomic E-state index is 11.1. The fraction of sp³-hybridized carbons (Fsp3) is 0.302. The Balaban J connectivity index is 1.28. The lowest BCUT2D eigenvalue weighted by molar-refractivity contribution is -0.353. The Kier molecular flexibility index (Phi) is 11.2. The molecular formula is C43H43ClO7. The van der Waals surface area contributed by atoms with Crippen LogP contribution < -0.4 is 4.74 Å². The van der Waals surface area contributed by atoms with Crippen molar-refractivity contribution >= 4 is 11.6 Å². The predicted octanol–water partition coefficient (Wildman–Crippen LogP) is 8.03. The highest BCUT2D eigenvalue weighted by atomic mass is 35.5. The molecule has 2 saturated heterocycles. The summed E-state index contributed by atoms with van der Waals surface area (Å²) in [6.45, 7) is 3.14. The minimum atomic E-state index is -1.44. The van der Waals surface area contributed by atoms with E-state index >= 15 is 0 Å². The van der Waals surface area contributed by atoms with Gasteiger partial charge in [-0.1, -0.05) is 121 Å². The smallest absolute Gasteiger partial charge is 0.225 e. The summed E-state index contributed by atoms with van der Waals surface area (Å²) in [7, 11) is 0. The zero-order chi connectivity index (χ0) is 35.1. The van der Waals surface area contributed by atoms with Crippen molar-refractivity contribution in [2.24, 2.45) is 0 Å². The van der Waals surface area contributed by atoms with Crippen LogP contribution >= 0.6 is 11.6 Å². The first-order valence-corrected chi connectivity index (χ1v) is 17.8. The molecule has 2 bridgehead atoms. The van der Waals surface area contributed by atoms with Gasteiger partial charge in [-0.25, -0.2) is 0 Å². The molecule has 2 aliphatic rings. The van der Waals surface area contributed by atoms with Gasteiger partial charge in [-0.05, 0) is 65.4 Å². The number of benzene rings is 5. The van der Waals surface area contributed by atoms with Gasteiger partial charge in [0.05, 0.1) is 39.6 Å². The molecule has 2 heterocycles. The van der Waals surface area contributed by atoms with Gasteiger partial charge in [-0.2, -0.15) is 0 Å². The van der Waals surface area contributed by atoms with Crippen LogP contribution in [0.15, 0.2) is 133 Å². The number of halogens is 1. The average Bonchev–Trinajstić information content (AvgIpc) is 3.54. The van der Waals surface area contributed by atoms with Gasteiger partial charge in [0, 0.05) is 10.6 Å². The fourth-order valence-corrected chi connectivity index (χ4v) is 7.13. The van der Waals surface area contributed by atoms with Crippen molar-refractivity contribution in [1.29, 1.82) is 0 Å². The third kappa shape index (κ3) is 7.76. The van der Waals surface area contributed by atoms with E-state index in [4.69, 9.17) is 40.0 Å². The summed E-state index contributed by atoms with van der Waals surface area (Å²) >= 11 is 6.84. The van der Waals surface area contributed by atoms with Crippen LogP contribution in [0.1, 0.15) is 40.3 Å². The molecule has 5 atom stereocenters. The van der Waals surface area contributed by atoms with Crippen LogP contribution in [0, 0.1) is 0 Å². The Bertz CT molecular complexity index is 1840. The zero-order valence-corrected chi connectivity index (χ0v) is 29.4. The van der Waals surface area contributed by atoms with E-state index in [0.29, 0.717) is 24.7 Å². The molecule has 0 amide bonds. The molecule has 0 spiro atoms. The number of hydrogen-bond acceptors (Lipinski definition) is 7. The first-order chi connectivity index (χ1) is 25.0. The van der Waals surface area contributed by atoms with E-state index in [0.717, 1.165) is 39.1 Å². The molecule has 1 N–H and O–H groups in total. The SMILES string of the molecule is CCOc1ccc(Cc2cc([C@]34OC[C@@](CO)(O3)[C@H](OCc3ccccc3)[C@H](OCc3ccccc3)[C@H]4OCc3ccccc3)ccc2Cl)cc1. The van der Waals surface area contributed by atoms with Crippen LogP contribution in [0.2, 0.25) is 5.02 Å². The van der Waals surface area contributed by atoms with Crippen LogP contribution in [0.5, 0.6) is 5.75 Å². The summed E-state index contributed by atoms with van der Waals surface area (Å²) in [5.74, 6) is -0.622. The van der Waals surface area contributed by atoms with Crippen LogP contribution in [0.25, 0.3) is 0 Å². The van der Waals surface area contributed by atoms with Crippen molar-refractivity contribution in [3.63, 3.8) is 0 Å². The molecule has 51 heavy (non-hydrogen) atoms. The number of rotatable bonds is 15. The molecule has 5 aromatic rings. The lowest BCUT2D eigenvalue weighted by Crippen LogP contribution is -2.67. The van der Waals surface area contributed by atoms with Crippen LogP contribution in [0.4, 0.5) is 0 Å². The van der Waals surface area contributed by atoms with Gasteiger partial charge in [0.25, 0.3) is 0 Å². The molecule has 7 nitrogen and oxygen atoms in total. The van der Waals surface area contributed by atoms with E-state index in [1.807, 2.05) is 140 Å². The largest absolute Gasteiger partial charge is 0.494 e. The quantitative estimate of drug-likeness (QED) is 0.118. The summed E-state index contributed by atoms with van der Waals surface area (Å²) in [6, 6.07) is 43.7. The summed E-state index contributed by atoms with van der Waals surface area (Å²) in [4.78, 5) is 0. The van der Waals surface area contributed by atoms with Crippen LogP contribution in [-0.2, 0) is 55.7 Å². The second-order valence-corrected chi connectivity index (χ2v) is 13.4. The molecule has 0 aliphatic carbocycles. The minimum Gasteiger partial charge on any atom is -0.494 e. The molecule has 0 radical (unpaired) electrons. The average molecular weight is 707 g/mol. The van der Waals surface area contributed by atoms with Gasteiger partial charge in [0.15, 0.2) is 0 Å². The Morgan fingerprint density at radius 3 is 1.82 bits per heavy atom. The van der Waals surface area contributed by atoms with Crippen molar-refractivity contribution in [3.8, 4) is 5.75 Å². The molecule has 0 aromatic heterocycles. The number of aliphatic hydroxyl groups excluding tert-OH is 1. The molecule has 264 valence electrons. The van der Waals surface area contributed by atoms with Gasteiger partial charge >= 0.3 is 0 Å². The molecule has 2 aliphatic heterocycles. The number of hydrogen-bond donors (Lipinski definition) is 1. The highest BCUT2D eigenvalue weighted by Gasteiger charge is 2.69. The summed E-state index contributed by atoms with van der Waals surface area (Å²) < 4.78 is 39.9. The van der Waals surface area contributed by atoms with E-state index < -0.39 is 29.7 Å². The molecule has 5 aromatic carbocycles. The third-order valence-electron chi connectivity index (χ3n) is 9.55. The number of fused-ring (bicyclic) bond motifs is 2. The topological polar surface area (TPSA) is 75.6 Å². The zero-order valence-electron chi connectivity index (χ0n) is 28.7. The van der Waals surface area contributed by atoms with Gasteiger partial charge in [-0.3, -0.25) is 0 Å². The van der Waals surface area contributed by atoms with Crippen molar-refractivity contribution in [3.05, 3.63) is 172 Å². The van der Waals surface area contributed by atoms with E-state index in [-0.39, 0.29) is 26.4 Å². The standard InChI is InChI=1S/C43H43ClO7/c1-2-46-37-21-18-31(19-22-37)24-35-25-36(20-23-38(35)44)43-41(49-28-34-16-10-5-11-17-34)39(47-26-32-12-6-3-7-13-32)40(42(29-45,51-43)30-50-43)48-27-33-14-8-4-9-15-33/h3-23,25,39-41,45H,2,24,26-30H2,1H3/t39-,40+,41+,42+,43-/m0/s1. The number of ether oxygens (including phenoxy) is 6. The van der Waals surface area contributed by atoms with E-state index in [2.05, 4.69) is 0 Å². The van der Waals surface area contributed by atoms with Crippen LogP contribution in [-0.4, -0.2) is 48.8 Å². The van der Waals surface area contributed by atoms with Gasteiger partial charge in [-0.15, -0.1) is 0 Å². The van der Waals surface area contributed by atoms with E-state index in [1.165, 1.54) is 0 Å². The highest BCUT2D eigenvalue weighted by molar-refractivity contribution is 6.31. The predicted molar refractivity (Wildman–Crippen MR) is 195 cm³/mol. The van der Waals surface area contributed by atoms with Crippen molar-refractivity contribution in [2.75, 3.05) is 19.8 Å². The fourth-order valence-electron chi connectivity index (χ4n) is 6.95. The molecule has 0 unspecified atom stereocenters. The Hall–Kier alpha value is -4.05. The third-order valence-corrected chi connectivity index (χ3v) is 9.92. The van der Waals surface area contributed by atoms with Crippen molar-refractivity contribution in [1.82, 2.24) is 0 Å². The Morgan fingerprint density at radius 2 is 1.25 bits per heavy atom. The van der Waals surface area contributed by atoms with Gasteiger partial charge in [0.2, 0.25) is 5.79 Å². The second kappa shape index (κ2) is 16.1. The summed E-state index contributed by atoms with van der Waals surface area (Å²) in [6.07, 6.45) is -1.67. The Morgan fingerprint density at radius 1 is 0.686 bits per heavy atom. The maximum Gasteiger partial charge on any atom is 0.225 e. The summed E-state index contributed by atoms with van der Waals surface area (Å²) in [5.41, 5.74) is 4.42. The molecule has 8 heteroatoms. The van der Waals surface area contributed by atoms with E-state index in [9.17, 15) is 5.11 Å². The Labute approximate surface area is 304 Å². The lowest BCUT2D eigenvalue weighted by Gasteiger charge is -2.50. The maximum atomic E-state index is 11.1. The highest BCUT2D eigenvalue weighted by Crippen LogP contribution is 2.53. The second-order valence-electron chi connectivity index (χ2n) is 13.0. The lowest BCUT2D eigenvalue weighted by atomic mass is 9.83. The van der Waals surface area contributed by atoms with E-state index in [1.54, 1.807) is 0 Å². The normalized spacial score (nSPS) is 24.0. The number of aliphatic hydroxyl groups is 1.